The molecule has 0 saturated heterocycles. The van der Waals surface area contributed by atoms with Crippen molar-refractivity contribution in [3.05, 3.63) is 52.5 Å². The van der Waals surface area contributed by atoms with Gasteiger partial charge in [0.2, 0.25) is 0 Å². The number of hydrogen-bond donors (Lipinski definition) is 1. The van der Waals surface area contributed by atoms with Crippen molar-refractivity contribution >= 4 is 70.7 Å². The van der Waals surface area contributed by atoms with Crippen molar-refractivity contribution in [3.8, 4) is 0 Å². The van der Waals surface area contributed by atoms with E-state index in [-0.39, 0.29) is 6.04 Å². The number of halogens is 4. The number of hydrogen-bond acceptors (Lipinski definition) is 2. The van der Waals surface area contributed by atoms with E-state index < -0.39 is 0 Å². The molecule has 0 spiro atoms. The fourth-order valence-corrected chi connectivity index (χ4v) is 5.49. The van der Waals surface area contributed by atoms with E-state index in [1.54, 1.807) is 11.3 Å². The Morgan fingerprint density at radius 3 is 2.60 bits per heavy atom. The Hall–Kier alpha value is 0.610. The molecule has 0 aliphatic rings. The fraction of sp³-hybridized carbons (Fsp3) is 0.286. The average molecular weight is 502 g/mol. The maximum atomic E-state index is 6.47. The third-order valence-electron chi connectivity index (χ3n) is 2.88. The van der Waals surface area contributed by atoms with E-state index in [2.05, 4.69) is 72.2 Å². The Morgan fingerprint density at radius 1 is 1.25 bits per heavy atom. The topological polar surface area (TPSA) is 12.0 Å². The van der Waals surface area contributed by atoms with Crippen LogP contribution < -0.4 is 5.32 Å². The third kappa shape index (κ3) is 3.87. The average Bonchev–Trinajstić information content (AvgIpc) is 2.74. The minimum absolute atomic E-state index is 0.0804. The lowest BCUT2D eigenvalue weighted by Gasteiger charge is -2.20. The molecule has 1 aromatic heterocycles. The van der Waals surface area contributed by atoms with Gasteiger partial charge in [0.15, 0.2) is 0 Å². The summed E-state index contributed by atoms with van der Waals surface area (Å²) in [6.45, 7) is 3.10. The van der Waals surface area contributed by atoms with Gasteiger partial charge in [-0.25, -0.2) is 0 Å². The van der Waals surface area contributed by atoms with E-state index in [1.165, 1.54) is 5.56 Å². The lowest BCUT2D eigenvalue weighted by molar-refractivity contribution is 0.598. The number of benzene rings is 1. The standard InChI is InChI=1S/C14H13Br3ClNS/c1-2-6-19-13(9-7-11(16)20-14(9)17)8-4-3-5-10(15)12(8)18/h3-5,7,13,19H,2,6H2,1H3. The van der Waals surface area contributed by atoms with Crippen LogP contribution in [0, 0.1) is 0 Å². The Labute approximate surface area is 153 Å². The second-order valence-corrected chi connectivity index (χ2v) is 9.29. The molecule has 2 aromatic rings. The van der Waals surface area contributed by atoms with Crippen molar-refractivity contribution < 1.29 is 0 Å². The van der Waals surface area contributed by atoms with Crippen LogP contribution in [0.1, 0.15) is 30.5 Å². The summed E-state index contributed by atoms with van der Waals surface area (Å²) in [5.41, 5.74) is 2.29. The highest BCUT2D eigenvalue weighted by Gasteiger charge is 2.21. The molecule has 2 rings (SSSR count). The zero-order valence-corrected chi connectivity index (χ0v) is 17.1. The summed E-state index contributed by atoms with van der Waals surface area (Å²) in [5, 5.41) is 4.33. The molecule has 1 nitrogen and oxygen atoms in total. The molecule has 0 saturated carbocycles. The van der Waals surface area contributed by atoms with E-state index in [1.807, 2.05) is 12.1 Å². The van der Waals surface area contributed by atoms with Crippen LogP contribution in [0.15, 0.2) is 36.3 Å². The van der Waals surface area contributed by atoms with Gasteiger partial charge in [0.1, 0.15) is 0 Å². The first-order chi connectivity index (χ1) is 9.54. The molecule has 1 heterocycles. The van der Waals surface area contributed by atoms with E-state index in [0.29, 0.717) is 0 Å². The molecule has 1 N–H and O–H groups in total. The van der Waals surface area contributed by atoms with Crippen LogP contribution in [-0.4, -0.2) is 6.54 Å². The van der Waals surface area contributed by atoms with Crippen molar-refractivity contribution in [2.24, 2.45) is 0 Å². The van der Waals surface area contributed by atoms with Crippen molar-refractivity contribution in [2.75, 3.05) is 6.54 Å². The minimum Gasteiger partial charge on any atom is -0.306 e. The van der Waals surface area contributed by atoms with Gasteiger partial charge in [-0.05, 0) is 84.0 Å². The van der Waals surface area contributed by atoms with E-state index in [4.69, 9.17) is 11.6 Å². The fourth-order valence-electron chi connectivity index (χ4n) is 1.97. The summed E-state index contributed by atoms with van der Waals surface area (Å²) in [5.74, 6) is 0. The molecule has 108 valence electrons. The highest BCUT2D eigenvalue weighted by Crippen LogP contribution is 2.40. The number of rotatable bonds is 5. The van der Waals surface area contributed by atoms with Gasteiger partial charge in [-0.1, -0.05) is 30.7 Å². The Kier molecular flexibility index (Phi) is 6.57. The van der Waals surface area contributed by atoms with E-state index in [9.17, 15) is 0 Å². The lowest BCUT2D eigenvalue weighted by Crippen LogP contribution is -2.23. The first-order valence-corrected chi connectivity index (χ1v) is 9.74. The van der Waals surface area contributed by atoms with Gasteiger partial charge >= 0.3 is 0 Å². The summed E-state index contributed by atoms with van der Waals surface area (Å²) < 4.78 is 3.15. The van der Waals surface area contributed by atoms with E-state index >= 15 is 0 Å². The van der Waals surface area contributed by atoms with Gasteiger partial charge in [-0.15, -0.1) is 11.3 Å². The molecular weight excluding hydrogens is 489 g/mol. The zero-order valence-electron chi connectivity index (χ0n) is 10.7. The third-order valence-corrected chi connectivity index (χ3v) is 6.58. The first-order valence-electron chi connectivity index (χ1n) is 6.16. The summed E-state index contributed by atoms with van der Waals surface area (Å²) in [6.07, 6.45) is 1.07. The van der Waals surface area contributed by atoms with Crippen molar-refractivity contribution in [2.45, 2.75) is 19.4 Å². The molecule has 1 unspecified atom stereocenters. The van der Waals surface area contributed by atoms with Crippen LogP contribution in [0.2, 0.25) is 5.02 Å². The first kappa shape index (κ1) is 17.0. The van der Waals surface area contributed by atoms with Gasteiger partial charge in [0.05, 0.1) is 18.6 Å². The molecular formula is C14H13Br3ClNS. The van der Waals surface area contributed by atoms with E-state index in [0.717, 1.165) is 35.6 Å². The molecule has 0 aliphatic heterocycles. The second-order valence-electron chi connectivity index (χ2n) is 4.31. The van der Waals surface area contributed by atoms with Crippen LogP contribution in [0.5, 0.6) is 0 Å². The van der Waals surface area contributed by atoms with Crippen molar-refractivity contribution in [1.29, 1.82) is 0 Å². The van der Waals surface area contributed by atoms with Gasteiger partial charge in [-0.2, -0.15) is 0 Å². The quantitative estimate of drug-likeness (QED) is 0.476. The predicted molar refractivity (Wildman–Crippen MR) is 99.0 cm³/mol. The molecule has 1 aromatic carbocycles. The smallest absolute Gasteiger partial charge is 0.0761 e. The SMILES string of the molecule is CCCNC(c1cc(Br)sc1Br)c1cccc(Br)c1Cl. The Morgan fingerprint density at radius 2 is 2.00 bits per heavy atom. The predicted octanol–water partition coefficient (Wildman–Crippen LogP) is 6.78. The summed E-state index contributed by atoms with van der Waals surface area (Å²) in [7, 11) is 0. The van der Waals surface area contributed by atoms with Gasteiger partial charge in [0.25, 0.3) is 0 Å². The minimum atomic E-state index is 0.0804. The highest BCUT2D eigenvalue weighted by molar-refractivity contribution is 9.12. The Balaban J connectivity index is 2.47. The highest BCUT2D eigenvalue weighted by atomic mass is 79.9. The van der Waals surface area contributed by atoms with Crippen LogP contribution in [0.4, 0.5) is 0 Å². The molecule has 20 heavy (non-hydrogen) atoms. The maximum absolute atomic E-state index is 6.47. The number of nitrogens with one attached hydrogen (secondary N) is 1. The van der Waals surface area contributed by atoms with Crippen LogP contribution >= 0.6 is 70.7 Å². The molecule has 0 amide bonds. The Bertz CT molecular complexity index is 600. The van der Waals surface area contributed by atoms with Crippen LogP contribution in [-0.2, 0) is 0 Å². The van der Waals surface area contributed by atoms with Crippen molar-refractivity contribution in [1.82, 2.24) is 5.32 Å². The lowest BCUT2D eigenvalue weighted by atomic mass is 10.0. The molecule has 6 heteroatoms. The van der Waals surface area contributed by atoms with Gasteiger partial charge in [-0.3, -0.25) is 0 Å². The number of thiophene rings is 1. The summed E-state index contributed by atoms with van der Waals surface area (Å²) >= 11 is 18.8. The van der Waals surface area contributed by atoms with Gasteiger partial charge in [0, 0.05) is 4.47 Å². The largest absolute Gasteiger partial charge is 0.306 e. The van der Waals surface area contributed by atoms with Crippen LogP contribution in [0.3, 0.4) is 0 Å². The molecule has 0 bridgehead atoms. The second kappa shape index (κ2) is 7.75. The molecule has 0 fully saturated rings. The summed E-state index contributed by atoms with van der Waals surface area (Å²) in [6, 6.07) is 8.26. The zero-order chi connectivity index (χ0) is 14.7. The molecule has 1 atom stereocenters. The molecule has 0 radical (unpaired) electrons. The molecule has 0 aliphatic carbocycles. The maximum Gasteiger partial charge on any atom is 0.0761 e. The monoisotopic (exact) mass is 499 g/mol. The van der Waals surface area contributed by atoms with Gasteiger partial charge < -0.3 is 5.32 Å². The van der Waals surface area contributed by atoms with Crippen LogP contribution in [0.25, 0.3) is 0 Å². The van der Waals surface area contributed by atoms with Crippen molar-refractivity contribution in [3.63, 3.8) is 0 Å². The normalized spacial score (nSPS) is 12.7. The summed E-state index contributed by atoms with van der Waals surface area (Å²) in [4.78, 5) is 0.